The van der Waals surface area contributed by atoms with Gasteiger partial charge in [-0.2, -0.15) is 0 Å². The standard InChI is InChI=1S/C24H32ClN7O6/c25-21-23(27)30-22(26)20(29-21)24(35)28-13-19-31(5-9-36-10-6-33)17-4-3-15(38-11-7-34)12-18(17)32(19)14-16-2-1-8-37-16/h3-4,12,16,33-34H,1-2,5-11,13-14H2,(H4-,26,27,28,30,35)/p+1/t16-/m0/s1. The average molecular weight is 551 g/mol. The minimum absolute atomic E-state index is 0.0126. The highest BCUT2D eigenvalue weighted by Gasteiger charge is 2.30. The van der Waals surface area contributed by atoms with Crippen molar-refractivity contribution in [3.63, 3.8) is 0 Å². The summed E-state index contributed by atoms with van der Waals surface area (Å²) < 4.78 is 21.3. The van der Waals surface area contributed by atoms with E-state index < -0.39 is 5.91 Å². The molecule has 1 aliphatic heterocycles. The van der Waals surface area contributed by atoms with E-state index in [1.165, 1.54) is 0 Å². The zero-order valence-electron chi connectivity index (χ0n) is 20.9. The van der Waals surface area contributed by atoms with Crippen LogP contribution in [0.1, 0.15) is 29.2 Å². The lowest BCUT2D eigenvalue weighted by atomic mass is 10.2. The molecule has 0 unspecified atom stereocenters. The Kier molecular flexibility index (Phi) is 9.53. The summed E-state index contributed by atoms with van der Waals surface area (Å²) in [5.74, 6) is 0.652. The smallest absolute Gasteiger partial charge is 0.277 e. The Hall–Kier alpha value is -3.23. The molecule has 1 amide bonds. The molecule has 0 saturated carbocycles. The monoisotopic (exact) mass is 550 g/mol. The molecule has 3 heterocycles. The van der Waals surface area contributed by atoms with Crippen LogP contribution in [0.2, 0.25) is 5.15 Å². The van der Waals surface area contributed by atoms with Gasteiger partial charge in [0.2, 0.25) is 0 Å². The number of nitrogen functional groups attached to an aromatic ring is 2. The second-order valence-electron chi connectivity index (χ2n) is 8.69. The van der Waals surface area contributed by atoms with Gasteiger partial charge in [0.05, 0.1) is 32.5 Å². The van der Waals surface area contributed by atoms with E-state index in [0.717, 1.165) is 29.7 Å². The van der Waals surface area contributed by atoms with Gasteiger partial charge >= 0.3 is 0 Å². The van der Waals surface area contributed by atoms with E-state index >= 15 is 0 Å². The Balaban J connectivity index is 1.71. The predicted molar refractivity (Wildman–Crippen MR) is 139 cm³/mol. The van der Waals surface area contributed by atoms with Gasteiger partial charge < -0.3 is 41.2 Å². The molecule has 206 valence electrons. The Morgan fingerprint density at radius 2 is 2.03 bits per heavy atom. The number of rotatable bonds is 13. The first kappa shape index (κ1) is 27.8. The van der Waals surface area contributed by atoms with E-state index in [-0.39, 0.29) is 61.6 Å². The molecule has 13 nitrogen and oxygen atoms in total. The molecule has 38 heavy (non-hydrogen) atoms. The molecule has 0 radical (unpaired) electrons. The van der Waals surface area contributed by atoms with E-state index in [2.05, 4.69) is 19.9 Å². The van der Waals surface area contributed by atoms with Crippen molar-refractivity contribution in [2.75, 3.05) is 51.1 Å². The molecule has 1 saturated heterocycles. The molecule has 0 bridgehead atoms. The Labute approximate surface area is 224 Å². The number of amides is 1. The highest BCUT2D eigenvalue weighted by Crippen LogP contribution is 2.24. The second kappa shape index (κ2) is 13.0. The van der Waals surface area contributed by atoms with Crippen LogP contribution in [0.4, 0.5) is 11.6 Å². The lowest BCUT2D eigenvalue weighted by Crippen LogP contribution is -2.43. The second-order valence-corrected chi connectivity index (χ2v) is 9.05. The number of ether oxygens (including phenoxy) is 3. The number of nitrogens with one attached hydrogen (secondary N) is 1. The van der Waals surface area contributed by atoms with E-state index in [1.807, 2.05) is 22.8 Å². The number of aromatic nitrogens is 4. The Morgan fingerprint density at radius 3 is 2.76 bits per heavy atom. The zero-order valence-corrected chi connectivity index (χ0v) is 21.7. The van der Waals surface area contributed by atoms with Crippen molar-refractivity contribution in [3.8, 4) is 5.75 Å². The van der Waals surface area contributed by atoms with Crippen molar-refractivity contribution in [2.45, 2.75) is 38.6 Å². The van der Waals surface area contributed by atoms with Gasteiger partial charge in [-0.15, -0.1) is 0 Å². The third-order valence-electron chi connectivity index (χ3n) is 6.14. The summed E-state index contributed by atoms with van der Waals surface area (Å²) in [5, 5.41) is 21.0. The number of carbonyl (C=O) groups excluding carboxylic acids is 1. The van der Waals surface area contributed by atoms with E-state index in [9.17, 15) is 9.90 Å². The number of nitrogens with zero attached hydrogens (tertiary/aromatic N) is 4. The number of aliphatic hydroxyl groups is 2. The lowest BCUT2D eigenvalue weighted by molar-refractivity contribution is -0.681. The number of hydrogen-bond acceptors (Lipinski definition) is 10. The van der Waals surface area contributed by atoms with Crippen LogP contribution < -0.4 is 26.1 Å². The largest absolute Gasteiger partial charge is 0.491 e. The van der Waals surface area contributed by atoms with E-state index in [0.29, 0.717) is 32.1 Å². The molecule has 14 heteroatoms. The van der Waals surface area contributed by atoms with Gasteiger partial charge in [-0.1, -0.05) is 11.6 Å². The third kappa shape index (κ3) is 6.42. The summed E-state index contributed by atoms with van der Waals surface area (Å²) in [4.78, 5) is 20.9. The molecule has 0 spiro atoms. The van der Waals surface area contributed by atoms with Crippen LogP contribution >= 0.6 is 11.6 Å². The van der Waals surface area contributed by atoms with Crippen LogP contribution in [-0.2, 0) is 29.1 Å². The molecule has 0 aliphatic carbocycles. The number of aliphatic hydroxyl groups excluding tert-OH is 2. The highest BCUT2D eigenvalue weighted by atomic mass is 35.5. The summed E-state index contributed by atoms with van der Waals surface area (Å²) in [5.41, 5.74) is 13.2. The number of halogens is 1. The van der Waals surface area contributed by atoms with Crippen LogP contribution in [0.5, 0.6) is 5.75 Å². The predicted octanol–water partition coefficient (Wildman–Crippen LogP) is 0.0256. The quantitative estimate of drug-likeness (QED) is 0.144. The fourth-order valence-corrected chi connectivity index (χ4v) is 4.56. The van der Waals surface area contributed by atoms with Gasteiger partial charge in [0.15, 0.2) is 33.5 Å². The van der Waals surface area contributed by atoms with Gasteiger partial charge in [-0.25, -0.2) is 19.1 Å². The normalized spacial score (nSPS) is 15.3. The van der Waals surface area contributed by atoms with Crippen molar-refractivity contribution in [2.24, 2.45) is 0 Å². The van der Waals surface area contributed by atoms with Crippen molar-refractivity contribution in [1.82, 2.24) is 19.9 Å². The van der Waals surface area contributed by atoms with Crippen molar-refractivity contribution in [1.29, 1.82) is 0 Å². The number of nitrogens with two attached hydrogens (primary N) is 2. The minimum Gasteiger partial charge on any atom is -0.491 e. The number of imidazole rings is 1. The number of hydrogen-bond donors (Lipinski definition) is 5. The summed E-state index contributed by atoms with van der Waals surface area (Å²) in [6, 6.07) is 5.66. The summed E-state index contributed by atoms with van der Waals surface area (Å²) >= 11 is 5.96. The summed E-state index contributed by atoms with van der Waals surface area (Å²) in [6.45, 7) is 2.40. The zero-order chi connectivity index (χ0) is 27.1. The molecule has 2 aromatic heterocycles. The first-order valence-corrected chi connectivity index (χ1v) is 12.8. The molecule has 1 atom stereocenters. The molecule has 7 N–H and O–H groups in total. The molecular formula is C24H33ClN7O6+. The SMILES string of the molecule is Nc1nc(N)c(C(=O)NCc2n(C[C@@H]3CCCO3)c3cc(OCCO)ccc3[n+]2CCOCCO)nc1Cl. The van der Waals surface area contributed by atoms with E-state index in [1.54, 1.807) is 0 Å². The van der Waals surface area contributed by atoms with Crippen molar-refractivity contribution >= 4 is 40.2 Å². The van der Waals surface area contributed by atoms with Crippen LogP contribution in [0, 0.1) is 0 Å². The lowest BCUT2D eigenvalue weighted by Gasteiger charge is -2.11. The first-order valence-electron chi connectivity index (χ1n) is 12.4. The fourth-order valence-electron chi connectivity index (χ4n) is 4.43. The summed E-state index contributed by atoms with van der Waals surface area (Å²) in [7, 11) is 0. The maximum absolute atomic E-state index is 13.0. The first-order chi connectivity index (χ1) is 18.4. The van der Waals surface area contributed by atoms with Gasteiger partial charge in [0.25, 0.3) is 11.7 Å². The fraction of sp³-hybridized carbons (Fsp3) is 0.500. The molecule has 1 fully saturated rings. The number of carbonyl (C=O) groups is 1. The van der Waals surface area contributed by atoms with E-state index in [4.69, 9.17) is 42.4 Å². The third-order valence-corrected chi connectivity index (χ3v) is 6.42. The van der Waals surface area contributed by atoms with Gasteiger partial charge in [0.1, 0.15) is 32.0 Å². The Morgan fingerprint density at radius 1 is 1.21 bits per heavy atom. The molecule has 4 rings (SSSR count). The molecule has 3 aromatic rings. The van der Waals surface area contributed by atoms with Crippen molar-refractivity contribution in [3.05, 3.63) is 34.9 Å². The van der Waals surface area contributed by atoms with Gasteiger partial charge in [-0.05, 0) is 25.0 Å². The van der Waals surface area contributed by atoms with Crippen LogP contribution in [-0.4, -0.2) is 76.4 Å². The average Bonchev–Trinajstić information content (AvgIpc) is 3.52. The Bertz CT molecular complexity index is 1270. The highest BCUT2D eigenvalue weighted by molar-refractivity contribution is 6.31. The van der Waals surface area contributed by atoms with Crippen molar-refractivity contribution < 1.29 is 33.8 Å². The summed E-state index contributed by atoms with van der Waals surface area (Å²) in [6.07, 6.45) is 1.91. The maximum Gasteiger partial charge on any atom is 0.277 e. The van der Waals surface area contributed by atoms with Crippen LogP contribution in [0.15, 0.2) is 18.2 Å². The number of anilines is 2. The minimum atomic E-state index is -0.555. The number of fused-ring (bicyclic) bond motifs is 1. The van der Waals surface area contributed by atoms with Gasteiger partial charge in [0, 0.05) is 12.7 Å². The van der Waals surface area contributed by atoms with Crippen LogP contribution in [0.25, 0.3) is 11.0 Å². The topological polar surface area (TPSA) is 184 Å². The van der Waals surface area contributed by atoms with Crippen LogP contribution in [0.3, 0.4) is 0 Å². The van der Waals surface area contributed by atoms with Gasteiger partial charge in [-0.3, -0.25) is 4.79 Å². The molecular weight excluding hydrogens is 518 g/mol. The molecule has 1 aromatic carbocycles. The number of benzene rings is 1. The molecule has 1 aliphatic rings. The maximum atomic E-state index is 13.0.